The van der Waals surface area contributed by atoms with Gasteiger partial charge in [-0.2, -0.15) is 0 Å². The molecule has 0 aliphatic carbocycles. The summed E-state index contributed by atoms with van der Waals surface area (Å²) >= 11 is 0. The first-order valence-electron chi connectivity index (χ1n) is 11.6. The molecular weight excluding hydrogens is 464 g/mol. The second-order valence-electron chi connectivity index (χ2n) is 8.19. The predicted molar refractivity (Wildman–Crippen MR) is 129 cm³/mol. The zero-order valence-electron chi connectivity index (χ0n) is 19.8. The highest BCUT2D eigenvalue weighted by Crippen LogP contribution is 2.30. The molecular formula is C28H28O8. The third-order valence-corrected chi connectivity index (χ3v) is 5.79. The van der Waals surface area contributed by atoms with Crippen molar-refractivity contribution < 1.29 is 38.4 Å². The van der Waals surface area contributed by atoms with Gasteiger partial charge in [0, 0.05) is 7.11 Å². The van der Waals surface area contributed by atoms with E-state index >= 15 is 0 Å². The van der Waals surface area contributed by atoms with Crippen LogP contribution in [0.2, 0.25) is 0 Å². The van der Waals surface area contributed by atoms with Crippen LogP contribution in [0, 0.1) is 0 Å². The number of rotatable bonds is 9. The average Bonchev–Trinajstić information content (AvgIpc) is 2.94. The summed E-state index contributed by atoms with van der Waals surface area (Å²) in [5.41, 5.74) is 1.49. The van der Waals surface area contributed by atoms with Gasteiger partial charge in [0.2, 0.25) is 0 Å². The lowest BCUT2D eigenvalue weighted by Gasteiger charge is -2.44. The maximum atomic E-state index is 13.1. The van der Waals surface area contributed by atoms with Gasteiger partial charge in [0.05, 0.1) is 24.3 Å². The molecule has 0 spiro atoms. The van der Waals surface area contributed by atoms with Crippen LogP contribution in [0.3, 0.4) is 0 Å². The maximum absolute atomic E-state index is 13.1. The summed E-state index contributed by atoms with van der Waals surface area (Å²) in [6, 6.07) is 26.3. The van der Waals surface area contributed by atoms with E-state index in [1.165, 1.54) is 7.11 Å². The van der Waals surface area contributed by atoms with Gasteiger partial charge in [-0.05, 0) is 29.8 Å². The lowest BCUT2D eigenvalue weighted by molar-refractivity contribution is -0.301. The smallest absolute Gasteiger partial charge is 0.338 e. The van der Waals surface area contributed by atoms with E-state index in [4.69, 9.17) is 23.7 Å². The molecule has 1 aliphatic heterocycles. The molecule has 1 aliphatic rings. The van der Waals surface area contributed by atoms with Crippen molar-refractivity contribution in [2.45, 2.75) is 37.3 Å². The minimum atomic E-state index is -1.17. The first-order chi connectivity index (χ1) is 17.6. The molecule has 8 heteroatoms. The zero-order valence-corrected chi connectivity index (χ0v) is 19.8. The Morgan fingerprint density at radius 1 is 0.750 bits per heavy atom. The van der Waals surface area contributed by atoms with Crippen LogP contribution in [0.5, 0.6) is 0 Å². The van der Waals surface area contributed by atoms with Crippen molar-refractivity contribution in [3.05, 3.63) is 108 Å². The Balaban J connectivity index is 1.65. The number of carbonyl (C=O) groups is 2. The van der Waals surface area contributed by atoms with Gasteiger partial charge in [0.15, 0.2) is 18.5 Å². The molecule has 0 unspecified atom stereocenters. The number of esters is 2. The summed E-state index contributed by atoms with van der Waals surface area (Å²) in [6.45, 7) is -0.278. The highest BCUT2D eigenvalue weighted by Gasteiger charge is 2.51. The summed E-state index contributed by atoms with van der Waals surface area (Å²) < 4.78 is 29.1. The normalized spacial score (nSPS) is 23.6. The number of hydrogen-bond acceptors (Lipinski definition) is 8. The van der Waals surface area contributed by atoms with E-state index < -0.39 is 49.3 Å². The third-order valence-electron chi connectivity index (χ3n) is 5.79. The summed E-state index contributed by atoms with van der Waals surface area (Å²) in [5.74, 6) is -1.28. The second-order valence-corrected chi connectivity index (χ2v) is 8.19. The van der Waals surface area contributed by atoms with E-state index in [9.17, 15) is 14.7 Å². The number of aliphatic hydroxyl groups excluding tert-OH is 1. The molecule has 36 heavy (non-hydrogen) atoms. The topological polar surface area (TPSA) is 101 Å². The molecule has 4 rings (SSSR count). The molecule has 0 radical (unpaired) electrons. The van der Waals surface area contributed by atoms with Crippen LogP contribution in [0.4, 0.5) is 0 Å². The first-order valence-corrected chi connectivity index (χ1v) is 11.6. The van der Waals surface area contributed by atoms with Crippen molar-refractivity contribution in [2.24, 2.45) is 0 Å². The van der Waals surface area contributed by atoms with E-state index in [-0.39, 0.29) is 6.61 Å². The summed E-state index contributed by atoms with van der Waals surface area (Å²) in [7, 11) is 1.38. The fourth-order valence-corrected chi connectivity index (χ4v) is 3.97. The van der Waals surface area contributed by atoms with Crippen LogP contribution in [0.1, 0.15) is 26.3 Å². The van der Waals surface area contributed by atoms with Gasteiger partial charge in [-0.1, -0.05) is 66.7 Å². The summed E-state index contributed by atoms with van der Waals surface area (Å²) in [4.78, 5) is 26.0. The molecule has 188 valence electrons. The third kappa shape index (κ3) is 6.16. The molecule has 1 N–H and O–H groups in total. The zero-order chi connectivity index (χ0) is 25.3. The molecule has 5 atom stereocenters. The molecule has 3 aromatic rings. The van der Waals surface area contributed by atoms with Crippen LogP contribution in [0.15, 0.2) is 91.0 Å². The van der Waals surface area contributed by atoms with Crippen molar-refractivity contribution in [3.8, 4) is 0 Å². The highest BCUT2D eigenvalue weighted by atomic mass is 16.7. The van der Waals surface area contributed by atoms with Crippen molar-refractivity contribution in [3.63, 3.8) is 0 Å². The van der Waals surface area contributed by atoms with Crippen molar-refractivity contribution >= 4 is 11.9 Å². The van der Waals surface area contributed by atoms with Crippen molar-refractivity contribution in [1.29, 1.82) is 0 Å². The molecule has 1 fully saturated rings. The van der Waals surface area contributed by atoms with Gasteiger partial charge in [0.25, 0.3) is 0 Å². The fourth-order valence-electron chi connectivity index (χ4n) is 3.97. The van der Waals surface area contributed by atoms with E-state index in [0.717, 1.165) is 5.56 Å². The SMILES string of the molecule is CO[C@H]1O[C@H](CO)[C@@H](OCc2ccccc2)[C@H](OC(=O)c2ccccc2)[C@H]1OC(=O)c1ccccc1. The van der Waals surface area contributed by atoms with Gasteiger partial charge in [-0.3, -0.25) is 0 Å². The van der Waals surface area contributed by atoms with Crippen LogP contribution >= 0.6 is 0 Å². The lowest BCUT2D eigenvalue weighted by atomic mass is 9.98. The average molecular weight is 493 g/mol. The van der Waals surface area contributed by atoms with Crippen molar-refractivity contribution in [1.82, 2.24) is 0 Å². The number of benzene rings is 3. The Hall–Kier alpha value is -3.56. The Morgan fingerprint density at radius 2 is 1.25 bits per heavy atom. The van der Waals surface area contributed by atoms with E-state index in [1.807, 2.05) is 30.3 Å². The van der Waals surface area contributed by atoms with Crippen LogP contribution in [-0.2, 0) is 30.3 Å². The van der Waals surface area contributed by atoms with E-state index in [1.54, 1.807) is 60.7 Å². The molecule has 1 heterocycles. The summed E-state index contributed by atoms with van der Waals surface area (Å²) in [6.07, 6.45) is -5.27. The van der Waals surface area contributed by atoms with Crippen molar-refractivity contribution in [2.75, 3.05) is 13.7 Å². The number of ether oxygens (including phenoxy) is 5. The monoisotopic (exact) mass is 492 g/mol. The molecule has 0 aromatic heterocycles. The van der Waals surface area contributed by atoms with Gasteiger partial charge in [-0.15, -0.1) is 0 Å². The molecule has 0 bridgehead atoms. The van der Waals surface area contributed by atoms with Crippen LogP contribution < -0.4 is 0 Å². The second kappa shape index (κ2) is 12.4. The first kappa shape index (κ1) is 25.5. The molecule has 0 amide bonds. The molecule has 1 saturated heterocycles. The number of methoxy groups -OCH3 is 1. The highest BCUT2D eigenvalue weighted by molar-refractivity contribution is 5.90. The minimum absolute atomic E-state index is 0.155. The minimum Gasteiger partial charge on any atom is -0.452 e. The lowest BCUT2D eigenvalue weighted by Crippen LogP contribution is -2.62. The predicted octanol–water partition coefficient (Wildman–Crippen LogP) is 3.39. The Morgan fingerprint density at radius 3 is 1.75 bits per heavy atom. The standard InChI is InChI=1S/C28H28O8/c1-32-28-25(36-27(31)21-15-9-4-10-16-21)24(35-26(30)20-13-7-3-8-14-20)23(22(17-29)34-28)33-18-19-11-5-2-6-12-19/h2-16,22-25,28-29H,17-18H2,1H3/t22-,23-,24+,25-,28+/m1/s1. The maximum Gasteiger partial charge on any atom is 0.338 e. The molecule has 3 aromatic carbocycles. The van der Waals surface area contributed by atoms with Crippen LogP contribution in [0.25, 0.3) is 0 Å². The largest absolute Gasteiger partial charge is 0.452 e. The van der Waals surface area contributed by atoms with Crippen LogP contribution in [-0.4, -0.2) is 61.5 Å². The Kier molecular flexibility index (Phi) is 8.80. The number of aliphatic hydroxyl groups is 1. The van der Waals surface area contributed by atoms with Gasteiger partial charge < -0.3 is 28.8 Å². The molecule has 8 nitrogen and oxygen atoms in total. The summed E-state index contributed by atoms with van der Waals surface area (Å²) in [5, 5.41) is 10.1. The Labute approximate surface area is 209 Å². The number of carbonyl (C=O) groups excluding carboxylic acids is 2. The molecule has 0 saturated carbocycles. The number of hydrogen-bond donors (Lipinski definition) is 1. The van der Waals surface area contributed by atoms with E-state index in [2.05, 4.69) is 0 Å². The quantitative estimate of drug-likeness (QED) is 0.454. The Bertz CT molecular complexity index is 1110. The fraction of sp³-hybridized carbons (Fsp3) is 0.286. The van der Waals surface area contributed by atoms with E-state index in [0.29, 0.717) is 11.1 Å². The van der Waals surface area contributed by atoms with Gasteiger partial charge in [-0.25, -0.2) is 9.59 Å². The van der Waals surface area contributed by atoms with Gasteiger partial charge in [0.1, 0.15) is 12.2 Å². The van der Waals surface area contributed by atoms with Gasteiger partial charge >= 0.3 is 11.9 Å².